The number of piperazine rings is 1. The first-order valence-corrected chi connectivity index (χ1v) is 10.5. The van der Waals surface area contributed by atoms with Gasteiger partial charge in [0.2, 0.25) is 5.91 Å². The Kier molecular flexibility index (Phi) is 6.34. The van der Waals surface area contributed by atoms with Crippen LogP contribution in [0.2, 0.25) is 0 Å². The van der Waals surface area contributed by atoms with Crippen LogP contribution >= 0.6 is 0 Å². The van der Waals surface area contributed by atoms with Crippen molar-refractivity contribution in [3.63, 3.8) is 0 Å². The van der Waals surface area contributed by atoms with Gasteiger partial charge in [-0.05, 0) is 23.8 Å². The predicted octanol–water partition coefficient (Wildman–Crippen LogP) is 2.03. The van der Waals surface area contributed by atoms with E-state index in [-0.39, 0.29) is 23.3 Å². The Balaban J connectivity index is 1.38. The average Bonchev–Trinajstić information content (AvgIpc) is 3.43. The van der Waals surface area contributed by atoms with E-state index in [0.717, 1.165) is 11.8 Å². The standard InChI is InChI=1S/C21H22FN5O7/c1-13(28)23-12-17-19(26(22)21(30)34-17)14-2-4-15(5-3-14)24-8-10-25(11-9-24)20(29)16-6-7-18(33-16)27(31)32/h2-7,17,19H,8-12H2,1H3,(H,23,28). The average molecular weight is 475 g/mol. The molecular weight excluding hydrogens is 453 g/mol. The number of nitrogens with zero attached hydrogens (tertiary/aromatic N) is 4. The number of carbonyl (C=O) groups excluding carboxylic acids is 3. The maximum atomic E-state index is 14.4. The van der Waals surface area contributed by atoms with Crippen molar-refractivity contribution in [2.45, 2.75) is 19.1 Å². The van der Waals surface area contributed by atoms with E-state index < -0.39 is 35.0 Å². The van der Waals surface area contributed by atoms with Crippen molar-refractivity contribution in [2.75, 3.05) is 37.6 Å². The molecule has 2 unspecified atom stereocenters. The number of amides is 3. The minimum Gasteiger partial charge on any atom is -0.440 e. The van der Waals surface area contributed by atoms with Crippen molar-refractivity contribution >= 4 is 29.5 Å². The molecule has 4 rings (SSSR count). The van der Waals surface area contributed by atoms with Gasteiger partial charge < -0.3 is 24.3 Å². The Hall–Kier alpha value is -4.16. The molecule has 180 valence electrons. The molecule has 2 aliphatic rings. The third kappa shape index (κ3) is 4.63. The summed E-state index contributed by atoms with van der Waals surface area (Å²) in [6.45, 7) is 3.11. The summed E-state index contributed by atoms with van der Waals surface area (Å²) in [6.07, 6.45) is -1.97. The zero-order valence-electron chi connectivity index (χ0n) is 18.2. The molecule has 0 saturated carbocycles. The predicted molar refractivity (Wildman–Crippen MR) is 115 cm³/mol. The maximum absolute atomic E-state index is 14.4. The number of hydrogen-bond acceptors (Lipinski definition) is 8. The Morgan fingerprint density at radius 2 is 1.82 bits per heavy atom. The van der Waals surface area contributed by atoms with Crippen molar-refractivity contribution in [3.05, 3.63) is 57.8 Å². The molecule has 0 aliphatic carbocycles. The summed E-state index contributed by atoms with van der Waals surface area (Å²) >= 11 is 0. The van der Waals surface area contributed by atoms with Gasteiger partial charge in [-0.25, -0.2) is 4.79 Å². The van der Waals surface area contributed by atoms with Gasteiger partial charge >= 0.3 is 12.0 Å². The highest BCUT2D eigenvalue weighted by molar-refractivity contribution is 5.92. The van der Waals surface area contributed by atoms with Gasteiger partial charge in [0.05, 0.1) is 12.6 Å². The van der Waals surface area contributed by atoms with Crippen LogP contribution in [0.3, 0.4) is 0 Å². The highest BCUT2D eigenvalue weighted by Crippen LogP contribution is 2.34. The molecule has 13 heteroatoms. The second kappa shape index (κ2) is 9.37. The van der Waals surface area contributed by atoms with Crippen molar-refractivity contribution in [3.8, 4) is 0 Å². The highest BCUT2D eigenvalue weighted by Gasteiger charge is 2.43. The summed E-state index contributed by atoms with van der Waals surface area (Å²) in [5, 5.41) is 13.3. The fraction of sp³-hybridized carbons (Fsp3) is 0.381. The number of rotatable bonds is 6. The first-order chi connectivity index (χ1) is 16.2. The molecule has 3 heterocycles. The fourth-order valence-corrected chi connectivity index (χ4v) is 3.99. The van der Waals surface area contributed by atoms with Crippen molar-refractivity contribution in [2.24, 2.45) is 0 Å². The molecule has 2 saturated heterocycles. The van der Waals surface area contributed by atoms with E-state index in [2.05, 4.69) is 5.32 Å². The van der Waals surface area contributed by atoms with Crippen LogP contribution < -0.4 is 10.2 Å². The first-order valence-electron chi connectivity index (χ1n) is 10.5. The number of halogens is 1. The molecule has 12 nitrogen and oxygen atoms in total. The number of nitrogens with one attached hydrogen (secondary N) is 1. The second-order valence-electron chi connectivity index (χ2n) is 7.88. The van der Waals surface area contributed by atoms with Gasteiger partial charge in [0.15, 0.2) is 5.76 Å². The van der Waals surface area contributed by atoms with Gasteiger partial charge in [0.1, 0.15) is 17.1 Å². The lowest BCUT2D eigenvalue weighted by atomic mass is 10.0. The number of ether oxygens (including phenoxy) is 1. The molecule has 2 fully saturated rings. The Labute approximate surface area is 192 Å². The Morgan fingerprint density at radius 1 is 1.15 bits per heavy atom. The molecule has 0 radical (unpaired) electrons. The van der Waals surface area contributed by atoms with E-state index in [1.165, 1.54) is 13.0 Å². The lowest BCUT2D eigenvalue weighted by molar-refractivity contribution is -0.402. The normalized spacial score (nSPS) is 20.3. The number of furan rings is 1. The molecule has 2 aliphatic heterocycles. The van der Waals surface area contributed by atoms with Gasteiger partial charge in [-0.1, -0.05) is 16.6 Å². The Morgan fingerprint density at radius 3 is 2.41 bits per heavy atom. The topological polar surface area (TPSA) is 138 Å². The number of hydrogen-bond donors (Lipinski definition) is 1. The van der Waals surface area contributed by atoms with E-state index in [0.29, 0.717) is 31.7 Å². The second-order valence-corrected chi connectivity index (χ2v) is 7.88. The highest BCUT2D eigenvalue weighted by atomic mass is 19.2. The van der Waals surface area contributed by atoms with Crippen molar-refractivity contribution in [1.29, 1.82) is 0 Å². The SMILES string of the molecule is CC(=O)NCC1OC(=O)N(F)C1c1ccc(N2CCN(C(=O)c3ccc([N+](=O)[O-])o3)CC2)cc1. The summed E-state index contributed by atoms with van der Waals surface area (Å²) in [4.78, 5) is 49.1. The summed E-state index contributed by atoms with van der Waals surface area (Å²) in [5.74, 6) is -1.29. The summed E-state index contributed by atoms with van der Waals surface area (Å²) in [7, 11) is 0. The van der Waals surface area contributed by atoms with Crippen LogP contribution in [0, 0.1) is 10.1 Å². The third-order valence-electron chi connectivity index (χ3n) is 5.72. The summed E-state index contributed by atoms with van der Waals surface area (Å²) < 4.78 is 24.4. The summed E-state index contributed by atoms with van der Waals surface area (Å²) in [5.41, 5.74) is 1.36. The minimum absolute atomic E-state index is 0.0112. The zero-order valence-corrected chi connectivity index (χ0v) is 18.2. The van der Waals surface area contributed by atoms with Crippen LogP contribution in [0.5, 0.6) is 0 Å². The van der Waals surface area contributed by atoms with Gasteiger partial charge in [-0.2, -0.15) is 0 Å². The lowest BCUT2D eigenvalue weighted by Gasteiger charge is -2.35. The van der Waals surface area contributed by atoms with E-state index in [4.69, 9.17) is 9.15 Å². The molecule has 2 aromatic rings. The number of nitro groups is 1. The number of cyclic esters (lactones) is 1. The van der Waals surface area contributed by atoms with E-state index in [1.807, 2.05) is 4.90 Å². The Bertz CT molecular complexity index is 1100. The quantitative estimate of drug-likeness (QED) is 0.380. The summed E-state index contributed by atoms with van der Waals surface area (Å²) in [6, 6.07) is 8.40. The third-order valence-corrected chi connectivity index (χ3v) is 5.72. The molecule has 0 bridgehead atoms. The van der Waals surface area contributed by atoms with Crippen LogP contribution in [-0.2, 0) is 9.53 Å². The van der Waals surface area contributed by atoms with Crippen molar-refractivity contribution < 1.29 is 32.9 Å². The van der Waals surface area contributed by atoms with Gasteiger partial charge in [0, 0.05) is 38.8 Å². The lowest BCUT2D eigenvalue weighted by Crippen LogP contribution is -2.48. The van der Waals surface area contributed by atoms with Crippen molar-refractivity contribution in [1.82, 2.24) is 15.3 Å². The minimum atomic E-state index is -1.10. The molecule has 2 atom stereocenters. The fourth-order valence-electron chi connectivity index (χ4n) is 3.99. The molecule has 1 aromatic heterocycles. The van der Waals surface area contributed by atoms with Crippen LogP contribution in [-0.4, -0.2) is 71.7 Å². The zero-order chi connectivity index (χ0) is 24.4. The maximum Gasteiger partial charge on any atom is 0.439 e. The number of anilines is 1. The van der Waals surface area contributed by atoms with E-state index >= 15 is 0 Å². The van der Waals surface area contributed by atoms with Crippen LogP contribution in [0.1, 0.15) is 29.1 Å². The molecule has 1 N–H and O–H groups in total. The number of carbonyl (C=O) groups is 3. The largest absolute Gasteiger partial charge is 0.440 e. The van der Waals surface area contributed by atoms with Gasteiger partial charge in [-0.3, -0.25) is 19.7 Å². The molecule has 34 heavy (non-hydrogen) atoms. The first kappa shape index (κ1) is 23.0. The van der Waals surface area contributed by atoms with Crippen LogP contribution in [0.15, 0.2) is 40.8 Å². The smallest absolute Gasteiger partial charge is 0.439 e. The van der Waals surface area contributed by atoms with Gasteiger partial charge in [0.25, 0.3) is 5.91 Å². The van der Waals surface area contributed by atoms with Crippen LogP contribution in [0.4, 0.5) is 20.8 Å². The van der Waals surface area contributed by atoms with E-state index in [9.17, 15) is 29.0 Å². The molecular formula is C21H22FN5O7. The number of benzene rings is 1. The monoisotopic (exact) mass is 475 g/mol. The molecule has 3 amide bonds. The molecule has 1 aromatic carbocycles. The van der Waals surface area contributed by atoms with E-state index in [1.54, 1.807) is 29.2 Å². The van der Waals surface area contributed by atoms with Gasteiger partial charge in [-0.15, -0.1) is 5.12 Å². The van der Waals surface area contributed by atoms with Crippen LogP contribution in [0.25, 0.3) is 0 Å². The molecule has 0 spiro atoms.